The van der Waals surface area contributed by atoms with E-state index in [2.05, 4.69) is 12.1 Å². The Bertz CT molecular complexity index is 639. The zero-order valence-corrected chi connectivity index (χ0v) is 12.3. The molecule has 0 spiro atoms. The first kappa shape index (κ1) is 14.1. The molecule has 1 saturated carbocycles. The van der Waals surface area contributed by atoms with Crippen LogP contribution >= 0.6 is 0 Å². The van der Waals surface area contributed by atoms with Gasteiger partial charge >= 0.3 is 5.97 Å². The topological polar surface area (TPSA) is 37.3 Å². The molecule has 0 aliphatic heterocycles. The van der Waals surface area contributed by atoms with Crippen molar-refractivity contribution in [3.8, 4) is 0 Å². The van der Waals surface area contributed by atoms with Gasteiger partial charge in [0.2, 0.25) is 0 Å². The van der Waals surface area contributed by atoms with E-state index in [9.17, 15) is 4.79 Å². The Kier molecular flexibility index (Phi) is 4.23. The van der Waals surface area contributed by atoms with Crippen molar-refractivity contribution in [1.82, 2.24) is 0 Å². The molecule has 1 N–H and O–H groups in total. The van der Waals surface area contributed by atoms with Crippen molar-refractivity contribution >= 4 is 16.7 Å². The van der Waals surface area contributed by atoms with E-state index in [1.54, 1.807) is 12.1 Å². The van der Waals surface area contributed by atoms with Crippen LogP contribution in [-0.4, -0.2) is 11.1 Å². The maximum Gasteiger partial charge on any atom is 0.335 e. The third-order valence-corrected chi connectivity index (χ3v) is 4.70. The molecule has 0 saturated heterocycles. The summed E-state index contributed by atoms with van der Waals surface area (Å²) in [5.41, 5.74) is 1.72. The lowest BCUT2D eigenvalue weighted by atomic mass is 9.97. The lowest BCUT2D eigenvalue weighted by Crippen LogP contribution is -1.96. The number of aryl methyl sites for hydroxylation is 1. The number of rotatable bonds is 5. The van der Waals surface area contributed by atoms with Gasteiger partial charge in [0.05, 0.1) is 5.56 Å². The van der Waals surface area contributed by atoms with Crippen molar-refractivity contribution in [2.45, 2.75) is 44.9 Å². The Morgan fingerprint density at radius 3 is 2.52 bits per heavy atom. The van der Waals surface area contributed by atoms with Crippen molar-refractivity contribution in [1.29, 1.82) is 0 Å². The summed E-state index contributed by atoms with van der Waals surface area (Å²) in [5, 5.41) is 11.2. The number of aromatic carboxylic acids is 1. The standard InChI is InChI=1S/C19H22O2/c20-19(21)18-11-10-16-12-15(8-9-17(16)13-18)7-3-6-14-4-1-2-5-14/h8-14H,1-7H2,(H,20,21). The average molecular weight is 282 g/mol. The summed E-state index contributed by atoms with van der Waals surface area (Å²) in [7, 11) is 0. The summed E-state index contributed by atoms with van der Waals surface area (Å²) in [6.45, 7) is 0. The molecule has 2 heteroatoms. The Hall–Kier alpha value is -1.83. The number of benzene rings is 2. The summed E-state index contributed by atoms with van der Waals surface area (Å²) in [6.07, 6.45) is 9.46. The third kappa shape index (κ3) is 3.44. The molecule has 0 atom stereocenters. The SMILES string of the molecule is O=C(O)c1ccc2cc(CCCC3CCCC3)ccc2c1. The van der Waals surface area contributed by atoms with Crippen molar-refractivity contribution in [3.05, 3.63) is 47.5 Å². The van der Waals surface area contributed by atoms with Crippen molar-refractivity contribution in [3.63, 3.8) is 0 Å². The van der Waals surface area contributed by atoms with Gasteiger partial charge in [0.1, 0.15) is 0 Å². The third-order valence-electron chi connectivity index (χ3n) is 4.70. The molecular formula is C19H22O2. The maximum absolute atomic E-state index is 11.0. The fourth-order valence-corrected chi connectivity index (χ4v) is 3.48. The number of carboxylic acid groups (broad SMARTS) is 1. The predicted molar refractivity (Wildman–Crippen MR) is 85.8 cm³/mol. The fourth-order valence-electron chi connectivity index (χ4n) is 3.48. The molecule has 3 rings (SSSR count). The van der Waals surface area contributed by atoms with Crippen LogP contribution in [0.4, 0.5) is 0 Å². The van der Waals surface area contributed by atoms with E-state index in [0.29, 0.717) is 5.56 Å². The van der Waals surface area contributed by atoms with E-state index in [-0.39, 0.29) is 0 Å². The highest BCUT2D eigenvalue weighted by atomic mass is 16.4. The molecule has 2 aromatic rings. The molecule has 1 aliphatic carbocycles. The first-order valence-electron chi connectivity index (χ1n) is 7.98. The van der Waals surface area contributed by atoms with E-state index >= 15 is 0 Å². The normalized spacial score (nSPS) is 15.6. The average Bonchev–Trinajstić information content (AvgIpc) is 3.00. The monoisotopic (exact) mass is 282 g/mol. The molecule has 1 aliphatic rings. The molecule has 1 fully saturated rings. The molecule has 2 aromatic carbocycles. The van der Waals surface area contributed by atoms with Crippen LogP contribution in [0.5, 0.6) is 0 Å². The highest BCUT2D eigenvalue weighted by Crippen LogP contribution is 2.29. The highest BCUT2D eigenvalue weighted by Gasteiger charge is 2.14. The van der Waals surface area contributed by atoms with E-state index in [1.807, 2.05) is 12.1 Å². The molecule has 0 bridgehead atoms. The van der Waals surface area contributed by atoms with Gasteiger partial charge in [-0.05, 0) is 47.2 Å². The molecule has 110 valence electrons. The van der Waals surface area contributed by atoms with Gasteiger partial charge in [-0.15, -0.1) is 0 Å². The number of hydrogen-bond donors (Lipinski definition) is 1. The van der Waals surface area contributed by atoms with Crippen LogP contribution in [0, 0.1) is 5.92 Å². The summed E-state index contributed by atoms with van der Waals surface area (Å²) >= 11 is 0. The van der Waals surface area contributed by atoms with E-state index in [1.165, 1.54) is 44.1 Å². The second kappa shape index (κ2) is 6.30. The van der Waals surface area contributed by atoms with Gasteiger partial charge in [0, 0.05) is 0 Å². The van der Waals surface area contributed by atoms with Crippen molar-refractivity contribution in [2.24, 2.45) is 5.92 Å². The van der Waals surface area contributed by atoms with E-state index < -0.39 is 5.97 Å². The van der Waals surface area contributed by atoms with Crippen LogP contribution in [0.3, 0.4) is 0 Å². The lowest BCUT2D eigenvalue weighted by Gasteiger charge is -2.09. The number of carbonyl (C=O) groups is 1. The van der Waals surface area contributed by atoms with Crippen molar-refractivity contribution < 1.29 is 9.90 Å². The number of hydrogen-bond acceptors (Lipinski definition) is 1. The lowest BCUT2D eigenvalue weighted by molar-refractivity contribution is 0.0697. The summed E-state index contributed by atoms with van der Waals surface area (Å²) in [6, 6.07) is 11.7. The second-order valence-corrected chi connectivity index (χ2v) is 6.24. The van der Waals surface area contributed by atoms with E-state index in [0.717, 1.165) is 23.1 Å². The van der Waals surface area contributed by atoms with E-state index in [4.69, 9.17) is 5.11 Å². The van der Waals surface area contributed by atoms with Gasteiger partial charge in [-0.2, -0.15) is 0 Å². The van der Waals surface area contributed by atoms with Crippen molar-refractivity contribution in [2.75, 3.05) is 0 Å². The zero-order valence-electron chi connectivity index (χ0n) is 12.3. The Morgan fingerprint density at radius 2 is 1.76 bits per heavy atom. The van der Waals surface area contributed by atoms with Gasteiger partial charge < -0.3 is 5.11 Å². The Morgan fingerprint density at radius 1 is 1.05 bits per heavy atom. The minimum Gasteiger partial charge on any atom is -0.478 e. The maximum atomic E-state index is 11.0. The summed E-state index contributed by atoms with van der Waals surface area (Å²) < 4.78 is 0. The van der Waals surface area contributed by atoms with Gasteiger partial charge in [-0.1, -0.05) is 56.4 Å². The molecule has 0 amide bonds. The smallest absolute Gasteiger partial charge is 0.335 e. The summed E-state index contributed by atoms with van der Waals surface area (Å²) in [4.78, 5) is 11.0. The first-order valence-corrected chi connectivity index (χ1v) is 7.98. The zero-order chi connectivity index (χ0) is 14.7. The summed E-state index contributed by atoms with van der Waals surface area (Å²) in [5.74, 6) is 0.0983. The number of carboxylic acids is 1. The molecule has 0 radical (unpaired) electrons. The second-order valence-electron chi connectivity index (χ2n) is 6.24. The predicted octanol–water partition coefficient (Wildman–Crippen LogP) is 5.05. The fraction of sp³-hybridized carbons (Fsp3) is 0.421. The highest BCUT2D eigenvalue weighted by molar-refractivity contribution is 5.94. The van der Waals surface area contributed by atoms with Gasteiger partial charge in [0.25, 0.3) is 0 Å². The molecule has 0 heterocycles. The molecule has 21 heavy (non-hydrogen) atoms. The van der Waals surface area contributed by atoms with Crippen LogP contribution in [0.25, 0.3) is 10.8 Å². The molecular weight excluding hydrogens is 260 g/mol. The van der Waals surface area contributed by atoms with Crippen LogP contribution in [-0.2, 0) is 6.42 Å². The van der Waals surface area contributed by atoms with Crippen LogP contribution in [0.15, 0.2) is 36.4 Å². The van der Waals surface area contributed by atoms with Gasteiger partial charge in [-0.3, -0.25) is 0 Å². The van der Waals surface area contributed by atoms with Crippen LogP contribution < -0.4 is 0 Å². The van der Waals surface area contributed by atoms with Crippen LogP contribution in [0.1, 0.15) is 54.4 Å². The largest absolute Gasteiger partial charge is 0.478 e. The molecule has 0 aromatic heterocycles. The van der Waals surface area contributed by atoms with Gasteiger partial charge in [0.15, 0.2) is 0 Å². The number of fused-ring (bicyclic) bond motifs is 1. The first-order chi connectivity index (χ1) is 10.2. The minimum absolute atomic E-state index is 0.358. The van der Waals surface area contributed by atoms with Gasteiger partial charge in [-0.25, -0.2) is 4.79 Å². The Labute approximate surface area is 125 Å². The minimum atomic E-state index is -0.863. The van der Waals surface area contributed by atoms with Crippen LogP contribution in [0.2, 0.25) is 0 Å². The Balaban J connectivity index is 1.66. The molecule has 0 unspecified atom stereocenters. The molecule has 2 nitrogen and oxygen atoms in total. The quantitative estimate of drug-likeness (QED) is 0.833.